The van der Waals surface area contributed by atoms with Gasteiger partial charge in [0.2, 0.25) is 5.91 Å². The van der Waals surface area contributed by atoms with Gasteiger partial charge in [0.15, 0.2) is 0 Å². The predicted molar refractivity (Wildman–Crippen MR) is 87.2 cm³/mol. The summed E-state index contributed by atoms with van der Waals surface area (Å²) in [6.07, 6.45) is 4.95. The van der Waals surface area contributed by atoms with Crippen LogP contribution in [0.3, 0.4) is 0 Å². The number of rotatable bonds is 3. The number of amides is 1. The minimum Gasteiger partial charge on any atom is -0.379 e. The maximum atomic E-state index is 12.9. The molecule has 0 spiro atoms. The number of fused-ring (bicyclic) bond motifs is 2. The fourth-order valence-corrected chi connectivity index (χ4v) is 4.64. The fourth-order valence-electron chi connectivity index (χ4n) is 4.64. The standard InChI is InChI=1S/C19H25NO3/c1-22-17-7-6-16-19(17)23-9-8-20(16)18(21)12-13-10-14-4-2-3-5-15(14)11-13/h2-5,13,16-17,19H,6-12H2,1H3/t16-,17-,19+/m0/s1. The highest BCUT2D eigenvalue weighted by atomic mass is 16.5. The van der Waals surface area contributed by atoms with Gasteiger partial charge in [-0.2, -0.15) is 0 Å². The van der Waals surface area contributed by atoms with Crippen LogP contribution in [0.1, 0.15) is 30.4 Å². The molecule has 23 heavy (non-hydrogen) atoms. The minimum absolute atomic E-state index is 0.0680. The van der Waals surface area contributed by atoms with Crippen molar-refractivity contribution >= 4 is 5.91 Å². The number of methoxy groups -OCH3 is 1. The van der Waals surface area contributed by atoms with Gasteiger partial charge in [0.05, 0.1) is 18.8 Å². The van der Waals surface area contributed by atoms with Gasteiger partial charge in [0.25, 0.3) is 0 Å². The first-order valence-corrected chi connectivity index (χ1v) is 8.77. The van der Waals surface area contributed by atoms with E-state index in [4.69, 9.17) is 9.47 Å². The summed E-state index contributed by atoms with van der Waals surface area (Å²) in [5.74, 6) is 0.763. The zero-order valence-corrected chi connectivity index (χ0v) is 13.7. The van der Waals surface area contributed by atoms with Gasteiger partial charge in [0.1, 0.15) is 6.10 Å². The van der Waals surface area contributed by atoms with E-state index in [2.05, 4.69) is 29.2 Å². The van der Waals surface area contributed by atoms with Crippen molar-refractivity contribution in [1.82, 2.24) is 4.90 Å². The van der Waals surface area contributed by atoms with Gasteiger partial charge >= 0.3 is 0 Å². The highest BCUT2D eigenvalue weighted by Gasteiger charge is 2.44. The Balaban J connectivity index is 1.40. The summed E-state index contributed by atoms with van der Waals surface area (Å²) in [6, 6.07) is 8.80. The summed E-state index contributed by atoms with van der Waals surface area (Å²) >= 11 is 0. The molecule has 0 N–H and O–H groups in total. The second kappa shape index (κ2) is 6.25. The van der Waals surface area contributed by atoms with E-state index in [1.54, 1.807) is 7.11 Å². The first-order chi connectivity index (χ1) is 11.3. The maximum absolute atomic E-state index is 12.9. The van der Waals surface area contributed by atoms with Crippen molar-refractivity contribution in [2.45, 2.75) is 50.4 Å². The fraction of sp³-hybridized carbons (Fsp3) is 0.632. The zero-order valence-electron chi connectivity index (χ0n) is 13.7. The maximum Gasteiger partial charge on any atom is 0.223 e. The topological polar surface area (TPSA) is 38.8 Å². The third kappa shape index (κ3) is 2.79. The van der Waals surface area contributed by atoms with Crippen LogP contribution < -0.4 is 0 Å². The summed E-state index contributed by atoms with van der Waals surface area (Å²) in [5, 5.41) is 0. The number of hydrogen-bond donors (Lipinski definition) is 0. The molecule has 4 nitrogen and oxygen atoms in total. The minimum atomic E-state index is 0.0680. The van der Waals surface area contributed by atoms with E-state index < -0.39 is 0 Å². The molecule has 1 saturated carbocycles. The summed E-state index contributed by atoms with van der Waals surface area (Å²) in [5.41, 5.74) is 2.84. The van der Waals surface area contributed by atoms with Crippen LogP contribution in [0, 0.1) is 5.92 Å². The van der Waals surface area contributed by atoms with E-state index in [-0.39, 0.29) is 18.2 Å². The average molecular weight is 315 g/mol. The second-order valence-electron chi connectivity index (χ2n) is 7.09. The lowest BCUT2D eigenvalue weighted by Gasteiger charge is -2.39. The molecular formula is C19H25NO3. The molecule has 3 aliphatic rings. The van der Waals surface area contributed by atoms with E-state index in [9.17, 15) is 4.79 Å². The highest BCUT2D eigenvalue weighted by molar-refractivity contribution is 5.77. The molecule has 1 aromatic rings. The average Bonchev–Trinajstić information content (AvgIpc) is 3.17. The van der Waals surface area contributed by atoms with Crippen LogP contribution in [-0.2, 0) is 27.1 Å². The van der Waals surface area contributed by atoms with Gasteiger partial charge in [-0.3, -0.25) is 4.79 Å². The molecule has 2 fully saturated rings. The van der Waals surface area contributed by atoms with Crippen molar-refractivity contribution in [3.8, 4) is 0 Å². The summed E-state index contributed by atoms with van der Waals surface area (Å²) < 4.78 is 11.4. The third-order valence-corrected chi connectivity index (χ3v) is 5.76. The first-order valence-electron chi connectivity index (χ1n) is 8.77. The van der Waals surface area contributed by atoms with Crippen molar-refractivity contribution in [2.75, 3.05) is 20.3 Å². The molecule has 0 bridgehead atoms. The Morgan fingerprint density at radius 1 is 1.26 bits per heavy atom. The number of benzene rings is 1. The molecule has 1 heterocycles. The van der Waals surface area contributed by atoms with Gasteiger partial charge in [0, 0.05) is 20.1 Å². The van der Waals surface area contributed by atoms with E-state index in [1.807, 2.05) is 0 Å². The van der Waals surface area contributed by atoms with Gasteiger partial charge in [-0.25, -0.2) is 0 Å². The van der Waals surface area contributed by atoms with E-state index >= 15 is 0 Å². The molecule has 1 aliphatic heterocycles. The number of morpholine rings is 1. The molecule has 4 rings (SSSR count). The van der Waals surface area contributed by atoms with Crippen molar-refractivity contribution in [1.29, 1.82) is 0 Å². The number of hydrogen-bond acceptors (Lipinski definition) is 3. The summed E-state index contributed by atoms with van der Waals surface area (Å²) in [4.78, 5) is 15.0. The quantitative estimate of drug-likeness (QED) is 0.858. The number of nitrogens with zero attached hydrogens (tertiary/aromatic N) is 1. The van der Waals surface area contributed by atoms with Gasteiger partial charge in [-0.05, 0) is 42.7 Å². The molecular weight excluding hydrogens is 290 g/mol. The van der Waals surface area contributed by atoms with Gasteiger partial charge in [-0.15, -0.1) is 0 Å². The molecule has 0 radical (unpaired) electrons. The van der Waals surface area contributed by atoms with Crippen LogP contribution in [-0.4, -0.2) is 49.3 Å². The molecule has 0 unspecified atom stereocenters. The van der Waals surface area contributed by atoms with E-state index in [0.717, 1.165) is 32.2 Å². The molecule has 2 aliphatic carbocycles. The molecule has 4 heteroatoms. The molecule has 124 valence electrons. The van der Waals surface area contributed by atoms with Crippen LogP contribution in [0.2, 0.25) is 0 Å². The monoisotopic (exact) mass is 315 g/mol. The zero-order chi connectivity index (χ0) is 15.8. The Bertz CT molecular complexity index is 563. The highest BCUT2D eigenvalue weighted by Crippen LogP contribution is 2.34. The molecule has 1 amide bonds. The summed E-state index contributed by atoms with van der Waals surface area (Å²) in [6.45, 7) is 1.37. The molecule has 1 aromatic carbocycles. The number of carbonyl (C=O) groups excluding carboxylic acids is 1. The Morgan fingerprint density at radius 3 is 2.70 bits per heavy atom. The van der Waals surface area contributed by atoms with Crippen LogP contribution in [0.25, 0.3) is 0 Å². The van der Waals surface area contributed by atoms with Crippen molar-refractivity contribution < 1.29 is 14.3 Å². The molecule has 3 atom stereocenters. The lowest BCUT2D eigenvalue weighted by molar-refractivity contribution is -0.150. The predicted octanol–water partition coefficient (Wildman–Crippen LogP) is 2.20. The van der Waals surface area contributed by atoms with Crippen molar-refractivity contribution in [2.24, 2.45) is 5.92 Å². The van der Waals surface area contributed by atoms with Crippen LogP contribution in [0.5, 0.6) is 0 Å². The van der Waals surface area contributed by atoms with Crippen LogP contribution in [0.15, 0.2) is 24.3 Å². The Hall–Kier alpha value is -1.39. The molecule has 0 aromatic heterocycles. The van der Waals surface area contributed by atoms with Gasteiger partial charge < -0.3 is 14.4 Å². The first kappa shape index (κ1) is 15.2. The van der Waals surface area contributed by atoms with Crippen molar-refractivity contribution in [3.05, 3.63) is 35.4 Å². The normalized spacial score (nSPS) is 30.3. The lowest BCUT2D eigenvalue weighted by Crippen LogP contribution is -2.54. The SMILES string of the molecule is CO[C@H]1CC[C@H]2[C@H]1OCCN2C(=O)CC1Cc2ccccc2C1. The number of carbonyl (C=O) groups is 1. The van der Waals surface area contributed by atoms with Crippen molar-refractivity contribution in [3.63, 3.8) is 0 Å². The number of ether oxygens (including phenoxy) is 2. The third-order valence-electron chi connectivity index (χ3n) is 5.76. The molecule has 1 saturated heterocycles. The van der Waals surface area contributed by atoms with Gasteiger partial charge in [-0.1, -0.05) is 24.3 Å². The Morgan fingerprint density at radius 2 is 2.00 bits per heavy atom. The summed E-state index contributed by atoms with van der Waals surface area (Å²) in [7, 11) is 1.74. The van der Waals surface area contributed by atoms with Crippen LogP contribution in [0.4, 0.5) is 0 Å². The second-order valence-corrected chi connectivity index (χ2v) is 7.09. The Labute approximate surface area is 137 Å². The smallest absolute Gasteiger partial charge is 0.223 e. The lowest BCUT2D eigenvalue weighted by atomic mass is 10.00. The van der Waals surface area contributed by atoms with E-state index in [0.29, 0.717) is 24.9 Å². The van der Waals surface area contributed by atoms with Crippen LogP contribution >= 0.6 is 0 Å². The Kier molecular flexibility index (Phi) is 4.12. The van der Waals surface area contributed by atoms with E-state index in [1.165, 1.54) is 11.1 Å². The largest absolute Gasteiger partial charge is 0.379 e.